The van der Waals surface area contributed by atoms with Crippen LogP contribution in [-0.2, 0) is 6.42 Å². The number of phenols is 1. The van der Waals surface area contributed by atoms with E-state index in [2.05, 4.69) is 27.7 Å². The number of hydrogen-bond donors (Lipinski definition) is 1. The van der Waals surface area contributed by atoms with Crippen LogP contribution in [-0.4, -0.2) is 5.11 Å². The summed E-state index contributed by atoms with van der Waals surface area (Å²) >= 11 is 0. The summed E-state index contributed by atoms with van der Waals surface area (Å²) in [5.74, 6) is 3.71. The van der Waals surface area contributed by atoms with Crippen LogP contribution in [0.1, 0.15) is 71.8 Å². The summed E-state index contributed by atoms with van der Waals surface area (Å²) in [7, 11) is 0. The molecule has 2 fully saturated rings. The maximum Gasteiger partial charge on any atom is 0.115 e. The molecule has 22 heavy (non-hydrogen) atoms. The number of aryl methyl sites for hydroxylation is 1. The largest absolute Gasteiger partial charge is 0.508 e. The van der Waals surface area contributed by atoms with Gasteiger partial charge in [0.2, 0.25) is 0 Å². The standard InChI is InChI=1S/C11H16O.C10H18/c1-2-3-4-5-10-6-8-11(12)9-7-10;1-10(2,3)9-5-7-4-8(7)6-9/h6-9,12H,2-5H2,1H3;7-9H,4-6H2,1-3H3. The molecule has 2 saturated carbocycles. The summed E-state index contributed by atoms with van der Waals surface area (Å²) < 4.78 is 0. The zero-order valence-electron chi connectivity index (χ0n) is 14.9. The van der Waals surface area contributed by atoms with Crippen molar-refractivity contribution in [1.29, 1.82) is 0 Å². The molecule has 0 spiro atoms. The van der Waals surface area contributed by atoms with E-state index in [4.69, 9.17) is 5.11 Å². The molecule has 0 aromatic heterocycles. The van der Waals surface area contributed by atoms with E-state index in [1.54, 1.807) is 18.6 Å². The predicted octanol–water partition coefficient (Wildman–Crippen LogP) is 6.20. The molecule has 3 rings (SSSR count). The molecule has 0 saturated heterocycles. The number of aromatic hydroxyl groups is 1. The lowest BCUT2D eigenvalue weighted by molar-refractivity contribution is 0.227. The third-order valence-corrected chi connectivity index (χ3v) is 5.47. The lowest BCUT2D eigenvalue weighted by Gasteiger charge is -2.27. The highest BCUT2D eigenvalue weighted by atomic mass is 16.3. The van der Waals surface area contributed by atoms with Crippen molar-refractivity contribution in [3.8, 4) is 5.75 Å². The highest BCUT2D eigenvalue weighted by Crippen LogP contribution is 2.58. The van der Waals surface area contributed by atoms with Gasteiger partial charge in [-0.25, -0.2) is 0 Å². The Kier molecular flexibility index (Phi) is 5.94. The summed E-state index contributed by atoms with van der Waals surface area (Å²) in [5, 5.41) is 9.03. The summed E-state index contributed by atoms with van der Waals surface area (Å²) in [4.78, 5) is 0. The van der Waals surface area contributed by atoms with E-state index < -0.39 is 0 Å². The molecular formula is C21H34O. The topological polar surface area (TPSA) is 20.2 Å². The second-order valence-corrected chi connectivity index (χ2v) is 8.41. The summed E-state index contributed by atoms with van der Waals surface area (Å²) in [6, 6.07) is 7.48. The first-order chi connectivity index (χ1) is 10.4. The average Bonchev–Trinajstić information content (AvgIpc) is 3.07. The molecule has 2 aliphatic carbocycles. The minimum atomic E-state index is 0.356. The van der Waals surface area contributed by atoms with Gasteiger partial charge in [-0.3, -0.25) is 0 Å². The highest BCUT2D eigenvalue weighted by Gasteiger charge is 2.48. The van der Waals surface area contributed by atoms with Gasteiger partial charge in [0, 0.05) is 0 Å². The van der Waals surface area contributed by atoms with Crippen LogP contribution in [0.3, 0.4) is 0 Å². The van der Waals surface area contributed by atoms with Crippen molar-refractivity contribution in [3.63, 3.8) is 0 Å². The van der Waals surface area contributed by atoms with E-state index in [-0.39, 0.29) is 0 Å². The molecule has 2 unspecified atom stereocenters. The van der Waals surface area contributed by atoms with E-state index >= 15 is 0 Å². The van der Waals surface area contributed by atoms with E-state index in [1.165, 1.54) is 37.7 Å². The number of hydrogen-bond acceptors (Lipinski definition) is 1. The predicted molar refractivity (Wildman–Crippen MR) is 95.1 cm³/mol. The first-order valence-corrected chi connectivity index (χ1v) is 9.18. The maximum absolute atomic E-state index is 9.03. The second kappa shape index (κ2) is 7.53. The van der Waals surface area contributed by atoms with Crippen molar-refractivity contribution in [2.45, 2.75) is 72.6 Å². The SMILES string of the molecule is CC(C)(C)C1CC2CC2C1.CCCCCc1ccc(O)cc1. The smallest absolute Gasteiger partial charge is 0.115 e. The van der Waals surface area contributed by atoms with Gasteiger partial charge in [0.1, 0.15) is 5.75 Å². The second-order valence-electron chi connectivity index (χ2n) is 8.41. The number of phenolic OH excluding ortho intramolecular Hbond substituents is 1. The molecule has 1 aromatic rings. The van der Waals surface area contributed by atoms with Crippen LogP contribution in [0.2, 0.25) is 0 Å². The molecule has 1 N–H and O–H groups in total. The first-order valence-electron chi connectivity index (χ1n) is 9.18. The van der Waals surface area contributed by atoms with Gasteiger partial charge >= 0.3 is 0 Å². The summed E-state index contributed by atoms with van der Waals surface area (Å²) in [6.45, 7) is 9.38. The molecule has 1 aromatic carbocycles. The zero-order chi connectivity index (χ0) is 16.2. The van der Waals surface area contributed by atoms with Gasteiger partial charge < -0.3 is 5.11 Å². The Morgan fingerprint density at radius 3 is 2.00 bits per heavy atom. The van der Waals surface area contributed by atoms with Crippen LogP contribution >= 0.6 is 0 Å². The van der Waals surface area contributed by atoms with Gasteiger partial charge in [-0.15, -0.1) is 0 Å². The average molecular weight is 303 g/mol. The summed E-state index contributed by atoms with van der Waals surface area (Å²) in [6.07, 6.45) is 9.57. The Hall–Kier alpha value is -0.980. The third-order valence-electron chi connectivity index (χ3n) is 5.47. The fourth-order valence-electron chi connectivity index (χ4n) is 3.66. The van der Waals surface area contributed by atoms with Gasteiger partial charge in [-0.1, -0.05) is 52.7 Å². The number of fused-ring (bicyclic) bond motifs is 1. The van der Waals surface area contributed by atoms with Crippen molar-refractivity contribution in [1.82, 2.24) is 0 Å². The minimum Gasteiger partial charge on any atom is -0.508 e. The molecule has 2 atom stereocenters. The van der Waals surface area contributed by atoms with Crippen LogP contribution in [0.25, 0.3) is 0 Å². The van der Waals surface area contributed by atoms with Gasteiger partial charge in [-0.05, 0) is 73.0 Å². The zero-order valence-corrected chi connectivity index (χ0v) is 14.9. The third kappa shape index (κ3) is 5.34. The van der Waals surface area contributed by atoms with Crippen molar-refractivity contribution >= 4 is 0 Å². The Morgan fingerprint density at radius 2 is 1.55 bits per heavy atom. The van der Waals surface area contributed by atoms with Crippen LogP contribution in [0, 0.1) is 23.2 Å². The molecule has 0 aliphatic heterocycles. The lowest BCUT2D eigenvalue weighted by Crippen LogP contribution is -2.18. The molecule has 0 radical (unpaired) electrons. The van der Waals surface area contributed by atoms with E-state index in [0.717, 1.165) is 24.2 Å². The Balaban J connectivity index is 0.000000162. The minimum absolute atomic E-state index is 0.356. The van der Waals surface area contributed by atoms with Gasteiger partial charge in [0.15, 0.2) is 0 Å². The fourth-order valence-corrected chi connectivity index (χ4v) is 3.66. The maximum atomic E-state index is 9.03. The van der Waals surface area contributed by atoms with Crippen molar-refractivity contribution in [3.05, 3.63) is 29.8 Å². The molecule has 2 aliphatic rings. The van der Waals surface area contributed by atoms with Crippen molar-refractivity contribution in [2.75, 3.05) is 0 Å². The van der Waals surface area contributed by atoms with Crippen LogP contribution < -0.4 is 0 Å². The lowest BCUT2D eigenvalue weighted by atomic mass is 9.78. The number of benzene rings is 1. The molecule has 1 nitrogen and oxygen atoms in total. The van der Waals surface area contributed by atoms with Crippen molar-refractivity contribution < 1.29 is 5.11 Å². The van der Waals surface area contributed by atoms with Gasteiger partial charge in [-0.2, -0.15) is 0 Å². The molecule has 124 valence electrons. The monoisotopic (exact) mass is 302 g/mol. The fraction of sp³-hybridized carbons (Fsp3) is 0.714. The van der Waals surface area contributed by atoms with Crippen LogP contribution in [0.15, 0.2) is 24.3 Å². The molecular weight excluding hydrogens is 268 g/mol. The molecule has 0 amide bonds. The molecule has 1 heteroatoms. The highest BCUT2D eigenvalue weighted by molar-refractivity contribution is 5.25. The van der Waals surface area contributed by atoms with Crippen molar-refractivity contribution in [2.24, 2.45) is 23.2 Å². The quantitative estimate of drug-likeness (QED) is 0.656. The Morgan fingerprint density at radius 1 is 0.955 bits per heavy atom. The van der Waals surface area contributed by atoms with E-state index in [9.17, 15) is 0 Å². The molecule has 0 bridgehead atoms. The first kappa shape index (κ1) is 17.4. The van der Waals surface area contributed by atoms with Crippen LogP contribution in [0.5, 0.6) is 5.75 Å². The Labute approximate surface area is 137 Å². The van der Waals surface area contributed by atoms with Crippen LogP contribution in [0.4, 0.5) is 0 Å². The van der Waals surface area contributed by atoms with E-state index in [0.29, 0.717) is 11.2 Å². The van der Waals surface area contributed by atoms with Gasteiger partial charge in [0.05, 0.1) is 0 Å². The normalized spacial score (nSPS) is 26.1. The summed E-state index contributed by atoms with van der Waals surface area (Å²) in [5.41, 5.74) is 1.91. The number of rotatable bonds is 4. The number of unbranched alkanes of at least 4 members (excludes halogenated alkanes) is 2. The van der Waals surface area contributed by atoms with E-state index in [1.807, 2.05) is 12.1 Å². The molecule has 0 heterocycles. The van der Waals surface area contributed by atoms with Gasteiger partial charge in [0.25, 0.3) is 0 Å². The Bertz CT molecular complexity index is 430.